The van der Waals surface area contributed by atoms with Gasteiger partial charge in [-0.15, -0.1) is 5.10 Å². The zero-order chi connectivity index (χ0) is 13.9. The first-order valence-electron chi connectivity index (χ1n) is 6.77. The molecular weight excluding hydrogens is 274 g/mol. The Morgan fingerprint density at radius 2 is 2.35 bits per heavy atom. The van der Waals surface area contributed by atoms with Gasteiger partial charge in [-0.3, -0.25) is 4.57 Å². The topological polar surface area (TPSA) is 75.6 Å². The molecule has 0 amide bonds. The standard InChI is InChI=1S/C13H17N5OS/c1-2-18-12(19)16-17-13(18)20-11-6-3-9(8-15-11)7-14-10-4-5-10/h3,6,8,10,14H,2,4-5,7H2,1H3,(H,16,19). The van der Waals surface area contributed by atoms with Crippen LogP contribution in [0.4, 0.5) is 0 Å². The average molecular weight is 291 g/mol. The van der Waals surface area contributed by atoms with Gasteiger partial charge in [0.2, 0.25) is 0 Å². The van der Waals surface area contributed by atoms with E-state index in [1.165, 1.54) is 30.2 Å². The Morgan fingerprint density at radius 3 is 3.00 bits per heavy atom. The van der Waals surface area contributed by atoms with Crippen LogP contribution in [0, 0.1) is 0 Å². The van der Waals surface area contributed by atoms with Crippen molar-refractivity contribution in [2.24, 2.45) is 0 Å². The van der Waals surface area contributed by atoms with Crippen molar-refractivity contribution in [2.75, 3.05) is 0 Å². The molecule has 0 saturated heterocycles. The first-order valence-corrected chi connectivity index (χ1v) is 7.59. The van der Waals surface area contributed by atoms with Crippen molar-refractivity contribution in [3.8, 4) is 0 Å². The second-order valence-corrected chi connectivity index (χ2v) is 5.81. The quantitative estimate of drug-likeness (QED) is 0.841. The highest BCUT2D eigenvalue weighted by Crippen LogP contribution is 2.23. The molecule has 0 spiro atoms. The first kappa shape index (κ1) is 13.4. The van der Waals surface area contributed by atoms with Gasteiger partial charge in [0.05, 0.1) is 0 Å². The minimum atomic E-state index is -0.180. The maximum absolute atomic E-state index is 11.5. The third-order valence-corrected chi connectivity index (χ3v) is 4.15. The van der Waals surface area contributed by atoms with Crippen LogP contribution in [0.15, 0.2) is 33.3 Å². The third kappa shape index (κ3) is 3.10. The molecule has 1 fully saturated rings. The fraction of sp³-hybridized carbons (Fsp3) is 0.462. The molecule has 6 nitrogen and oxygen atoms in total. The number of hydrogen-bond acceptors (Lipinski definition) is 5. The molecule has 0 aromatic carbocycles. The SMILES string of the molecule is CCn1c(Sc2ccc(CNC3CC3)cn2)n[nH]c1=O. The van der Waals surface area contributed by atoms with E-state index in [0.717, 1.165) is 11.6 Å². The van der Waals surface area contributed by atoms with E-state index in [4.69, 9.17) is 0 Å². The summed E-state index contributed by atoms with van der Waals surface area (Å²) in [5, 5.41) is 11.4. The molecule has 0 unspecified atom stereocenters. The molecule has 0 bridgehead atoms. The molecule has 2 N–H and O–H groups in total. The Labute approximate surface area is 121 Å². The lowest BCUT2D eigenvalue weighted by Gasteiger charge is -2.04. The van der Waals surface area contributed by atoms with Crippen molar-refractivity contribution in [3.05, 3.63) is 34.4 Å². The highest BCUT2D eigenvalue weighted by Gasteiger charge is 2.19. The van der Waals surface area contributed by atoms with Gasteiger partial charge in [-0.1, -0.05) is 6.07 Å². The number of aromatic nitrogens is 4. The number of aromatic amines is 1. The van der Waals surface area contributed by atoms with Crippen molar-refractivity contribution < 1.29 is 0 Å². The molecule has 1 saturated carbocycles. The van der Waals surface area contributed by atoms with Crippen LogP contribution in [0.2, 0.25) is 0 Å². The minimum Gasteiger partial charge on any atom is -0.310 e. The Morgan fingerprint density at radius 1 is 1.50 bits per heavy atom. The van der Waals surface area contributed by atoms with E-state index in [-0.39, 0.29) is 5.69 Å². The monoisotopic (exact) mass is 291 g/mol. The summed E-state index contributed by atoms with van der Waals surface area (Å²) in [6.45, 7) is 3.38. The Bertz CT molecular complexity index is 629. The number of rotatable bonds is 6. The molecule has 2 aromatic rings. The van der Waals surface area contributed by atoms with E-state index in [9.17, 15) is 4.79 Å². The van der Waals surface area contributed by atoms with E-state index in [0.29, 0.717) is 17.7 Å². The molecule has 2 aromatic heterocycles. The summed E-state index contributed by atoms with van der Waals surface area (Å²) in [5.74, 6) is 0. The van der Waals surface area contributed by atoms with E-state index >= 15 is 0 Å². The van der Waals surface area contributed by atoms with Gasteiger partial charge in [0, 0.05) is 25.3 Å². The van der Waals surface area contributed by atoms with Crippen LogP contribution in [-0.2, 0) is 13.1 Å². The van der Waals surface area contributed by atoms with Gasteiger partial charge in [0.15, 0.2) is 5.16 Å². The van der Waals surface area contributed by atoms with E-state index < -0.39 is 0 Å². The van der Waals surface area contributed by atoms with Gasteiger partial charge in [0.1, 0.15) is 5.03 Å². The maximum Gasteiger partial charge on any atom is 0.343 e. The number of pyridine rings is 1. The summed E-state index contributed by atoms with van der Waals surface area (Å²) in [6, 6.07) is 4.73. The molecule has 106 valence electrons. The Hall–Kier alpha value is -1.60. The molecule has 3 rings (SSSR count). The molecule has 0 aliphatic heterocycles. The summed E-state index contributed by atoms with van der Waals surface area (Å²) in [7, 11) is 0. The van der Waals surface area contributed by atoms with Crippen LogP contribution in [0.1, 0.15) is 25.3 Å². The highest BCUT2D eigenvalue weighted by molar-refractivity contribution is 7.99. The average Bonchev–Trinajstić information content (AvgIpc) is 3.23. The largest absolute Gasteiger partial charge is 0.343 e. The van der Waals surface area contributed by atoms with Crippen LogP contribution < -0.4 is 11.0 Å². The molecule has 1 aliphatic carbocycles. The van der Waals surface area contributed by atoms with Gasteiger partial charge in [-0.05, 0) is 43.2 Å². The third-order valence-electron chi connectivity index (χ3n) is 3.21. The van der Waals surface area contributed by atoms with Crippen molar-refractivity contribution >= 4 is 11.8 Å². The van der Waals surface area contributed by atoms with Crippen LogP contribution in [0.5, 0.6) is 0 Å². The number of nitrogens with zero attached hydrogens (tertiary/aromatic N) is 3. The van der Waals surface area contributed by atoms with E-state index in [2.05, 4.69) is 26.6 Å². The van der Waals surface area contributed by atoms with Gasteiger partial charge in [-0.25, -0.2) is 14.9 Å². The maximum atomic E-state index is 11.5. The lowest BCUT2D eigenvalue weighted by molar-refractivity contribution is 0.660. The molecule has 0 radical (unpaired) electrons. The number of nitrogens with one attached hydrogen (secondary N) is 2. The van der Waals surface area contributed by atoms with Crippen LogP contribution in [0.25, 0.3) is 0 Å². The summed E-state index contributed by atoms with van der Waals surface area (Å²) in [6.07, 6.45) is 4.45. The molecule has 1 aliphatic rings. The molecule has 2 heterocycles. The van der Waals surface area contributed by atoms with Crippen molar-refractivity contribution in [1.29, 1.82) is 0 Å². The zero-order valence-electron chi connectivity index (χ0n) is 11.3. The van der Waals surface area contributed by atoms with E-state index in [1.807, 2.05) is 19.2 Å². The fourth-order valence-electron chi connectivity index (χ4n) is 1.88. The summed E-state index contributed by atoms with van der Waals surface area (Å²) >= 11 is 1.39. The molecule has 0 atom stereocenters. The molecular formula is C13H17N5OS. The normalized spacial score (nSPS) is 14.7. The van der Waals surface area contributed by atoms with Gasteiger partial charge in [0.25, 0.3) is 0 Å². The lowest BCUT2D eigenvalue weighted by Crippen LogP contribution is -2.16. The second-order valence-electron chi connectivity index (χ2n) is 4.82. The minimum absolute atomic E-state index is 0.180. The predicted molar refractivity (Wildman–Crippen MR) is 76.7 cm³/mol. The van der Waals surface area contributed by atoms with Crippen molar-refractivity contribution in [2.45, 2.75) is 49.1 Å². The first-order chi connectivity index (χ1) is 9.76. The predicted octanol–water partition coefficient (Wildman–Crippen LogP) is 1.39. The van der Waals surface area contributed by atoms with Crippen molar-refractivity contribution in [1.82, 2.24) is 25.1 Å². The Balaban J connectivity index is 1.66. The zero-order valence-corrected chi connectivity index (χ0v) is 12.1. The number of H-pyrrole nitrogens is 1. The summed E-state index contributed by atoms with van der Waals surface area (Å²) in [5.41, 5.74) is 0.997. The fourth-order valence-corrected chi connectivity index (χ4v) is 2.72. The Kier molecular flexibility index (Phi) is 3.88. The second kappa shape index (κ2) is 5.80. The lowest BCUT2D eigenvalue weighted by atomic mass is 10.3. The summed E-state index contributed by atoms with van der Waals surface area (Å²) < 4.78 is 1.59. The van der Waals surface area contributed by atoms with Crippen LogP contribution >= 0.6 is 11.8 Å². The van der Waals surface area contributed by atoms with Crippen LogP contribution in [-0.4, -0.2) is 25.8 Å². The van der Waals surface area contributed by atoms with Gasteiger partial charge >= 0.3 is 5.69 Å². The van der Waals surface area contributed by atoms with Gasteiger partial charge in [-0.2, -0.15) is 0 Å². The highest BCUT2D eigenvalue weighted by atomic mass is 32.2. The smallest absolute Gasteiger partial charge is 0.310 e. The molecule has 7 heteroatoms. The number of hydrogen-bond donors (Lipinski definition) is 2. The van der Waals surface area contributed by atoms with Crippen molar-refractivity contribution in [3.63, 3.8) is 0 Å². The summed E-state index contributed by atoms with van der Waals surface area (Å²) in [4.78, 5) is 15.9. The van der Waals surface area contributed by atoms with Gasteiger partial charge < -0.3 is 5.32 Å². The van der Waals surface area contributed by atoms with Crippen LogP contribution in [0.3, 0.4) is 0 Å². The van der Waals surface area contributed by atoms with E-state index in [1.54, 1.807) is 4.57 Å². The molecule has 20 heavy (non-hydrogen) atoms.